The fourth-order valence-electron chi connectivity index (χ4n) is 4.01. The van der Waals surface area contributed by atoms with Gasteiger partial charge in [0, 0.05) is 12.3 Å². The second-order valence-electron chi connectivity index (χ2n) is 8.36. The number of nitrogens with zero attached hydrogens (tertiary/aromatic N) is 1. The number of ketones is 1. The first kappa shape index (κ1) is 18.2. The molecule has 0 aromatic heterocycles. The van der Waals surface area contributed by atoms with Crippen molar-refractivity contribution in [2.75, 3.05) is 13.2 Å². The number of hydrogen-bond acceptors (Lipinski definition) is 4. The number of morpholine rings is 1. The molecule has 23 heavy (non-hydrogen) atoms. The second kappa shape index (κ2) is 6.80. The van der Waals surface area contributed by atoms with Gasteiger partial charge in [-0.15, -0.1) is 0 Å². The lowest BCUT2D eigenvalue weighted by Crippen LogP contribution is -2.60. The molecule has 1 saturated heterocycles. The maximum Gasteiger partial charge on any atom is 0.410 e. The predicted molar refractivity (Wildman–Crippen MR) is 88.2 cm³/mol. The number of amides is 1. The average Bonchev–Trinajstić information content (AvgIpc) is 2.35. The second-order valence-corrected chi connectivity index (χ2v) is 8.36. The molecule has 5 atom stereocenters. The highest BCUT2D eigenvalue weighted by Crippen LogP contribution is 2.37. The van der Waals surface area contributed by atoms with Crippen molar-refractivity contribution < 1.29 is 19.1 Å². The molecule has 132 valence electrons. The van der Waals surface area contributed by atoms with E-state index in [0.29, 0.717) is 25.6 Å². The van der Waals surface area contributed by atoms with Crippen LogP contribution in [-0.2, 0) is 14.3 Å². The zero-order valence-corrected chi connectivity index (χ0v) is 15.3. The first-order valence-electron chi connectivity index (χ1n) is 8.72. The Morgan fingerprint density at radius 3 is 2.43 bits per heavy atom. The maximum absolute atomic E-state index is 12.7. The molecule has 1 amide bonds. The van der Waals surface area contributed by atoms with Crippen molar-refractivity contribution in [3.8, 4) is 0 Å². The van der Waals surface area contributed by atoms with Gasteiger partial charge >= 0.3 is 6.09 Å². The Labute approximate surface area is 139 Å². The summed E-state index contributed by atoms with van der Waals surface area (Å²) in [6, 6.07) is -0.299. The molecule has 2 rings (SSSR count). The van der Waals surface area contributed by atoms with E-state index in [9.17, 15) is 9.59 Å². The Morgan fingerprint density at radius 2 is 1.87 bits per heavy atom. The highest BCUT2D eigenvalue weighted by atomic mass is 16.6. The van der Waals surface area contributed by atoms with Gasteiger partial charge in [-0.1, -0.05) is 13.8 Å². The number of carbonyl (C=O) groups is 2. The minimum Gasteiger partial charge on any atom is -0.444 e. The van der Waals surface area contributed by atoms with Gasteiger partial charge in [-0.2, -0.15) is 0 Å². The molecule has 5 nitrogen and oxygen atoms in total. The lowest BCUT2D eigenvalue weighted by Gasteiger charge is -2.46. The largest absolute Gasteiger partial charge is 0.444 e. The van der Waals surface area contributed by atoms with Crippen LogP contribution in [0.5, 0.6) is 0 Å². The fourth-order valence-corrected chi connectivity index (χ4v) is 4.01. The molecule has 0 N–H and O–H groups in total. The monoisotopic (exact) mass is 325 g/mol. The maximum atomic E-state index is 12.7. The topological polar surface area (TPSA) is 55.8 Å². The van der Waals surface area contributed by atoms with Gasteiger partial charge in [0.15, 0.2) is 0 Å². The van der Waals surface area contributed by atoms with E-state index in [1.54, 1.807) is 4.90 Å². The van der Waals surface area contributed by atoms with Gasteiger partial charge < -0.3 is 9.47 Å². The van der Waals surface area contributed by atoms with Crippen molar-refractivity contribution in [1.29, 1.82) is 0 Å². The molecule has 5 unspecified atom stereocenters. The first-order chi connectivity index (χ1) is 10.6. The Hall–Kier alpha value is -1.10. The zero-order valence-electron chi connectivity index (χ0n) is 15.3. The Morgan fingerprint density at radius 1 is 1.22 bits per heavy atom. The summed E-state index contributed by atoms with van der Waals surface area (Å²) in [6.07, 6.45) is 1.28. The Bertz CT molecular complexity index is 456. The lowest BCUT2D eigenvalue weighted by atomic mass is 9.71. The summed E-state index contributed by atoms with van der Waals surface area (Å²) in [4.78, 5) is 27.1. The molecule has 2 fully saturated rings. The van der Waals surface area contributed by atoms with Gasteiger partial charge in [-0.05, 0) is 46.0 Å². The normalized spacial score (nSPS) is 36.0. The van der Waals surface area contributed by atoms with Crippen LogP contribution in [0.2, 0.25) is 0 Å². The summed E-state index contributed by atoms with van der Waals surface area (Å²) in [5.74, 6) is 0.787. The van der Waals surface area contributed by atoms with Crippen LogP contribution in [0.15, 0.2) is 0 Å². The van der Waals surface area contributed by atoms with Crippen LogP contribution in [0.4, 0.5) is 4.79 Å². The van der Waals surface area contributed by atoms with E-state index in [-0.39, 0.29) is 35.8 Å². The summed E-state index contributed by atoms with van der Waals surface area (Å²) >= 11 is 0. The van der Waals surface area contributed by atoms with E-state index in [0.717, 1.165) is 6.42 Å². The van der Waals surface area contributed by atoms with Gasteiger partial charge in [0.1, 0.15) is 11.4 Å². The van der Waals surface area contributed by atoms with Crippen LogP contribution in [0.25, 0.3) is 0 Å². The summed E-state index contributed by atoms with van der Waals surface area (Å²) in [5, 5.41) is 0. The van der Waals surface area contributed by atoms with Crippen LogP contribution >= 0.6 is 0 Å². The van der Waals surface area contributed by atoms with Crippen molar-refractivity contribution in [2.24, 2.45) is 17.8 Å². The molecule has 0 radical (unpaired) electrons. The highest BCUT2D eigenvalue weighted by Gasteiger charge is 2.46. The van der Waals surface area contributed by atoms with Crippen LogP contribution in [0.3, 0.4) is 0 Å². The molecule has 0 spiro atoms. The third-order valence-corrected chi connectivity index (χ3v) is 4.81. The standard InChI is InChI=1S/C18H31NO4/c1-11-7-12(2)16(15(20)8-11)14-10-22-9-13(3)19(14)17(21)23-18(4,5)6/h11-14,16H,7-10H2,1-6H3. The number of Topliss-reactive ketones (excluding diaryl/α,β-unsaturated/α-hetero) is 1. The van der Waals surface area contributed by atoms with Crippen molar-refractivity contribution in [2.45, 2.75) is 72.1 Å². The summed E-state index contributed by atoms with van der Waals surface area (Å²) in [7, 11) is 0. The van der Waals surface area contributed by atoms with Crippen molar-refractivity contribution in [3.63, 3.8) is 0 Å². The third-order valence-electron chi connectivity index (χ3n) is 4.81. The predicted octanol–water partition coefficient (Wildman–Crippen LogP) is 3.26. The van der Waals surface area contributed by atoms with E-state index >= 15 is 0 Å². The number of rotatable bonds is 1. The van der Waals surface area contributed by atoms with E-state index in [1.807, 2.05) is 27.7 Å². The molecular formula is C18H31NO4. The van der Waals surface area contributed by atoms with E-state index in [4.69, 9.17) is 9.47 Å². The third kappa shape index (κ3) is 4.25. The van der Waals surface area contributed by atoms with Gasteiger partial charge in [-0.3, -0.25) is 9.69 Å². The molecule has 1 heterocycles. The van der Waals surface area contributed by atoms with Crippen LogP contribution in [-0.4, -0.2) is 47.7 Å². The van der Waals surface area contributed by atoms with Crippen LogP contribution < -0.4 is 0 Å². The number of hydrogen-bond donors (Lipinski definition) is 0. The van der Waals surface area contributed by atoms with E-state index in [2.05, 4.69) is 13.8 Å². The molecular weight excluding hydrogens is 294 g/mol. The van der Waals surface area contributed by atoms with Gasteiger partial charge in [0.25, 0.3) is 0 Å². The van der Waals surface area contributed by atoms with Crippen molar-refractivity contribution >= 4 is 11.9 Å². The smallest absolute Gasteiger partial charge is 0.410 e. The quantitative estimate of drug-likeness (QED) is 0.742. The van der Waals surface area contributed by atoms with E-state index < -0.39 is 5.60 Å². The minimum atomic E-state index is -0.545. The zero-order chi connectivity index (χ0) is 17.4. The summed E-state index contributed by atoms with van der Waals surface area (Å²) in [6.45, 7) is 12.7. The van der Waals surface area contributed by atoms with E-state index in [1.165, 1.54) is 0 Å². The molecule has 0 aromatic carbocycles. The van der Waals surface area contributed by atoms with Gasteiger partial charge in [0.05, 0.1) is 25.3 Å². The van der Waals surface area contributed by atoms with Crippen molar-refractivity contribution in [3.05, 3.63) is 0 Å². The molecule has 0 bridgehead atoms. The summed E-state index contributed by atoms with van der Waals surface area (Å²) in [5.41, 5.74) is -0.545. The average molecular weight is 325 g/mol. The lowest BCUT2D eigenvalue weighted by molar-refractivity contribution is -0.137. The SMILES string of the molecule is CC1CC(=O)C(C2COCC(C)N2C(=O)OC(C)(C)C)C(C)C1. The molecule has 0 aromatic rings. The van der Waals surface area contributed by atoms with Gasteiger partial charge in [0.2, 0.25) is 0 Å². The van der Waals surface area contributed by atoms with Crippen LogP contribution in [0.1, 0.15) is 54.4 Å². The number of carbonyl (C=O) groups excluding carboxylic acids is 2. The fraction of sp³-hybridized carbons (Fsp3) is 0.889. The van der Waals surface area contributed by atoms with Crippen molar-refractivity contribution in [1.82, 2.24) is 4.90 Å². The Kier molecular flexibility index (Phi) is 5.39. The van der Waals surface area contributed by atoms with Gasteiger partial charge in [-0.25, -0.2) is 4.79 Å². The molecule has 1 saturated carbocycles. The molecule has 2 aliphatic rings. The molecule has 1 aliphatic carbocycles. The number of ether oxygens (including phenoxy) is 2. The summed E-state index contributed by atoms with van der Waals surface area (Å²) < 4.78 is 11.3. The first-order valence-corrected chi connectivity index (χ1v) is 8.72. The van der Waals surface area contributed by atoms with Crippen LogP contribution in [0, 0.1) is 17.8 Å². The highest BCUT2D eigenvalue weighted by molar-refractivity contribution is 5.84. The minimum absolute atomic E-state index is 0.0806. The molecule has 1 aliphatic heterocycles. The Balaban J connectivity index is 2.23. The molecule has 5 heteroatoms.